The lowest BCUT2D eigenvalue weighted by atomic mass is 9.75. The summed E-state index contributed by atoms with van der Waals surface area (Å²) in [5.74, 6) is 1.41. The lowest BCUT2D eigenvalue weighted by Gasteiger charge is -2.31. The SMILES string of the molecule is Clc1ccc(CC[C@@H]2CCCCC2c2ccccn2)cc1. The molecule has 1 aromatic heterocycles. The molecule has 1 aromatic carbocycles. The molecule has 1 aliphatic rings. The minimum absolute atomic E-state index is 0.646. The van der Waals surface area contributed by atoms with E-state index in [9.17, 15) is 0 Å². The first kappa shape index (κ1) is 14.6. The summed E-state index contributed by atoms with van der Waals surface area (Å²) in [4.78, 5) is 4.60. The van der Waals surface area contributed by atoms with E-state index < -0.39 is 0 Å². The Bertz CT molecular complexity index is 550. The summed E-state index contributed by atoms with van der Waals surface area (Å²) in [6.45, 7) is 0. The molecule has 0 saturated heterocycles. The summed E-state index contributed by atoms with van der Waals surface area (Å²) in [6, 6.07) is 14.6. The molecule has 1 heterocycles. The van der Waals surface area contributed by atoms with Crippen molar-refractivity contribution in [3.05, 3.63) is 64.9 Å². The topological polar surface area (TPSA) is 12.9 Å². The first-order valence-electron chi connectivity index (χ1n) is 7.98. The number of hydrogen-bond donors (Lipinski definition) is 0. The largest absolute Gasteiger partial charge is 0.261 e. The van der Waals surface area contributed by atoms with Crippen LogP contribution >= 0.6 is 11.6 Å². The van der Waals surface area contributed by atoms with Gasteiger partial charge in [-0.15, -0.1) is 0 Å². The van der Waals surface area contributed by atoms with Crippen LogP contribution in [0.15, 0.2) is 48.7 Å². The highest BCUT2D eigenvalue weighted by atomic mass is 35.5. The van der Waals surface area contributed by atoms with Crippen LogP contribution < -0.4 is 0 Å². The third-order valence-corrected chi connectivity index (χ3v) is 4.95. The molecule has 1 nitrogen and oxygen atoms in total. The van der Waals surface area contributed by atoms with Crippen LogP contribution in [-0.2, 0) is 6.42 Å². The normalized spacial score (nSPS) is 22.1. The molecule has 1 fully saturated rings. The molecule has 0 spiro atoms. The third kappa shape index (κ3) is 3.85. The van der Waals surface area contributed by atoms with Crippen LogP contribution in [0.2, 0.25) is 5.02 Å². The van der Waals surface area contributed by atoms with Crippen molar-refractivity contribution >= 4 is 11.6 Å². The molecule has 21 heavy (non-hydrogen) atoms. The lowest BCUT2D eigenvalue weighted by Crippen LogP contribution is -2.19. The van der Waals surface area contributed by atoms with Gasteiger partial charge >= 0.3 is 0 Å². The van der Waals surface area contributed by atoms with Crippen LogP contribution in [0.1, 0.15) is 49.3 Å². The highest BCUT2D eigenvalue weighted by Gasteiger charge is 2.26. The van der Waals surface area contributed by atoms with Crippen LogP contribution in [0.3, 0.4) is 0 Å². The van der Waals surface area contributed by atoms with Crippen LogP contribution in [0.5, 0.6) is 0 Å². The maximum Gasteiger partial charge on any atom is 0.0437 e. The van der Waals surface area contributed by atoms with Gasteiger partial charge in [-0.3, -0.25) is 4.98 Å². The van der Waals surface area contributed by atoms with Gasteiger partial charge in [-0.1, -0.05) is 42.6 Å². The van der Waals surface area contributed by atoms with Gasteiger partial charge in [0, 0.05) is 22.8 Å². The Morgan fingerprint density at radius 3 is 2.57 bits per heavy atom. The Labute approximate surface area is 132 Å². The van der Waals surface area contributed by atoms with Crippen LogP contribution in [0.4, 0.5) is 0 Å². The third-order valence-electron chi connectivity index (χ3n) is 4.69. The number of nitrogens with zero attached hydrogens (tertiary/aromatic N) is 1. The molecule has 1 unspecified atom stereocenters. The van der Waals surface area contributed by atoms with Gasteiger partial charge in [-0.05, 0) is 61.4 Å². The predicted molar refractivity (Wildman–Crippen MR) is 88.7 cm³/mol. The number of halogens is 1. The Kier molecular flexibility index (Phi) is 4.92. The average molecular weight is 300 g/mol. The molecule has 0 bridgehead atoms. The first-order chi connectivity index (χ1) is 10.3. The van der Waals surface area contributed by atoms with Gasteiger partial charge in [0.05, 0.1) is 0 Å². The summed E-state index contributed by atoms with van der Waals surface area (Å²) in [7, 11) is 0. The molecule has 1 aliphatic carbocycles. The average Bonchev–Trinajstić information content (AvgIpc) is 2.55. The van der Waals surface area contributed by atoms with Gasteiger partial charge in [0.1, 0.15) is 0 Å². The molecule has 110 valence electrons. The van der Waals surface area contributed by atoms with Crippen molar-refractivity contribution < 1.29 is 0 Å². The Morgan fingerprint density at radius 1 is 1.00 bits per heavy atom. The van der Waals surface area contributed by atoms with E-state index in [1.165, 1.54) is 43.4 Å². The maximum absolute atomic E-state index is 5.96. The second-order valence-corrected chi connectivity index (χ2v) is 6.51. The van der Waals surface area contributed by atoms with E-state index in [4.69, 9.17) is 11.6 Å². The van der Waals surface area contributed by atoms with Gasteiger partial charge in [0.15, 0.2) is 0 Å². The van der Waals surface area contributed by atoms with Gasteiger partial charge in [0.25, 0.3) is 0 Å². The zero-order valence-corrected chi connectivity index (χ0v) is 13.1. The lowest BCUT2D eigenvalue weighted by molar-refractivity contribution is 0.286. The summed E-state index contributed by atoms with van der Waals surface area (Å²) in [5, 5.41) is 0.822. The van der Waals surface area contributed by atoms with E-state index in [1.807, 2.05) is 24.4 Å². The van der Waals surface area contributed by atoms with Crippen molar-refractivity contribution in [2.45, 2.75) is 44.4 Å². The van der Waals surface area contributed by atoms with Crippen molar-refractivity contribution in [1.82, 2.24) is 4.98 Å². The zero-order chi connectivity index (χ0) is 14.5. The van der Waals surface area contributed by atoms with E-state index in [2.05, 4.69) is 29.2 Å². The molecule has 1 saturated carbocycles. The van der Waals surface area contributed by atoms with E-state index in [0.29, 0.717) is 5.92 Å². The summed E-state index contributed by atoms with van der Waals surface area (Å²) in [5.41, 5.74) is 2.68. The number of rotatable bonds is 4. The second-order valence-electron chi connectivity index (χ2n) is 6.07. The molecule has 0 radical (unpaired) electrons. The van der Waals surface area contributed by atoms with Crippen LogP contribution in [0, 0.1) is 5.92 Å². The molecule has 2 aromatic rings. The minimum Gasteiger partial charge on any atom is -0.261 e. The van der Waals surface area contributed by atoms with Crippen LogP contribution in [-0.4, -0.2) is 4.98 Å². The predicted octanol–water partition coefficient (Wildman–Crippen LogP) is 5.64. The molecular weight excluding hydrogens is 278 g/mol. The summed E-state index contributed by atoms with van der Waals surface area (Å²) >= 11 is 5.96. The molecule has 0 aliphatic heterocycles. The summed E-state index contributed by atoms with van der Waals surface area (Å²) < 4.78 is 0. The Morgan fingerprint density at radius 2 is 1.81 bits per heavy atom. The standard InChI is InChI=1S/C19H22ClN/c20-17-12-9-15(10-13-17)8-11-16-5-1-2-6-18(16)19-7-3-4-14-21-19/h3-4,7,9-10,12-14,16,18H,1-2,5-6,8,11H2/t16-,18?/m0/s1. The van der Waals surface area contributed by atoms with Gasteiger partial charge in [-0.2, -0.15) is 0 Å². The van der Waals surface area contributed by atoms with Gasteiger partial charge in [0.2, 0.25) is 0 Å². The monoisotopic (exact) mass is 299 g/mol. The van der Waals surface area contributed by atoms with Gasteiger partial charge in [-0.25, -0.2) is 0 Å². The first-order valence-corrected chi connectivity index (χ1v) is 8.36. The van der Waals surface area contributed by atoms with E-state index >= 15 is 0 Å². The fraction of sp³-hybridized carbons (Fsp3) is 0.421. The van der Waals surface area contributed by atoms with Crippen molar-refractivity contribution in [3.8, 4) is 0 Å². The molecule has 2 heteroatoms. The Balaban J connectivity index is 1.66. The number of pyridine rings is 1. The number of aromatic nitrogens is 1. The quantitative estimate of drug-likeness (QED) is 0.711. The van der Waals surface area contributed by atoms with Crippen molar-refractivity contribution in [2.75, 3.05) is 0 Å². The number of aryl methyl sites for hydroxylation is 1. The fourth-order valence-electron chi connectivity index (χ4n) is 3.54. The molecule has 0 N–H and O–H groups in total. The number of hydrogen-bond acceptors (Lipinski definition) is 1. The van der Waals surface area contributed by atoms with E-state index in [0.717, 1.165) is 17.4 Å². The maximum atomic E-state index is 5.96. The van der Waals surface area contributed by atoms with E-state index in [1.54, 1.807) is 0 Å². The minimum atomic E-state index is 0.646. The fourth-order valence-corrected chi connectivity index (χ4v) is 3.67. The number of benzene rings is 1. The molecular formula is C19H22ClN. The van der Waals surface area contributed by atoms with Crippen molar-refractivity contribution in [3.63, 3.8) is 0 Å². The van der Waals surface area contributed by atoms with Gasteiger partial charge < -0.3 is 0 Å². The van der Waals surface area contributed by atoms with Crippen LogP contribution in [0.25, 0.3) is 0 Å². The highest BCUT2D eigenvalue weighted by molar-refractivity contribution is 6.30. The van der Waals surface area contributed by atoms with Crippen molar-refractivity contribution in [1.29, 1.82) is 0 Å². The highest BCUT2D eigenvalue weighted by Crippen LogP contribution is 2.39. The molecule has 0 amide bonds. The van der Waals surface area contributed by atoms with Crippen molar-refractivity contribution in [2.24, 2.45) is 5.92 Å². The zero-order valence-electron chi connectivity index (χ0n) is 12.3. The Hall–Kier alpha value is -1.34. The van der Waals surface area contributed by atoms with E-state index in [-0.39, 0.29) is 0 Å². The molecule has 2 atom stereocenters. The smallest absolute Gasteiger partial charge is 0.0437 e. The second kappa shape index (κ2) is 7.09. The molecule has 3 rings (SSSR count). The summed E-state index contributed by atoms with van der Waals surface area (Å²) in [6.07, 6.45) is 9.68.